The first kappa shape index (κ1) is 15.3. The second kappa shape index (κ2) is 6.10. The Balaban J connectivity index is 1.86. The molecule has 0 unspecified atom stereocenters. The van der Waals surface area contributed by atoms with Crippen molar-refractivity contribution >= 4 is 27.6 Å². The highest BCUT2D eigenvalue weighted by Gasteiger charge is 2.27. The van der Waals surface area contributed by atoms with Crippen molar-refractivity contribution in [1.82, 2.24) is 10.0 Å². The van der Waals surface area contributed by atoms with Crippen LogP contribution in [0.15, 0.2) is 22.9 Å². The first-order valence-electron chi connectivity index (χ1n) is 6.70. The van der Waals surface area contributed by atoms with Crippen LogP contribution in [0.3, 0.4) is 0 Å². The van der Waals surface area contributed by atoms with Crippen molar-refractivity contribution in [3.8, 4) is 0 Å². The van der Waals surface area contributed by atoms with Crippen LogP contribution < -0.4 is 4.90 Å². The lowest BCUT2D eigenvalue weighted by atomic mass is 9.98. The van der Waals surface area contributed by atoms with Crippen molar-refractivity contribution in [2.75, 3.05) is 31.1 Å². The third-order valence-corrected chi connectivity index (χ3v) is 3.61. The van der Waals surface area contributed by atoms with Gasteiger partial charge >= 0.3 is 5.97 Å². The van der Waals surface area contributed by atoms with Crippen molar-refractivity contribution in [2.45, 2.75) is 20.8 Å². The molecule has 1 aromatic rings. The molecule has 1 aliphatic rings. The summed E-state index contributed by atoms with van der Waals surface area (Å²) in [5, 5.41) is 1.75. The number of hydroxylamine groups is 2. The van der Waals surface area contributed by atoms with E-state index < -0.39 is 5.41 Å². The third-order valence-electron chi connectivity index (χ3n) is 3.14. The molecule has 2 rings (SSSR count). The van der Waals surface area contributed by atoms with Gasteiger partial charge in [-0.3, -0.25) is 0 Å². The third kappa shape index (κ3) is 3.93. The number of carbonyl (C=O) groups is 1. The lowest BCUT2D eigenvalue weighted by Crippen LogP contribution is -2.48. The summed E-state index contributed by atoms with van der Waals surface area (Å²) in [7, 11) is 0. The molecular formula is C14H20BrN3O2. The lowest BCUT2D eigenvalue weighted by molar-refractivity contribution is -0.201. The van der Waals surface area contributed by atoms with E-state index >= 15 is 0 Å². The average molecular weight is 342 g/mol. The van der Waals surface area contributed by atoms with Gasteiger partial charge in [0.15, 0.2) is 0 Å². The molecule has 20 heavy (non-hydrogen) atoms. The molecule has 0 saturated carbocycles. The van der Waals surface area contributed by atoms with Crippen molar-refractivity contribution in [3.05, 3.63) is 22.9 Å². The Morgan fingerprint density at radius 2 is 1.90 bits per heavy atom. The van der Waals surface area contributed by atoms with E-state index in [0.29, 0.717) is 13.1 Å². The Bertz CT molecular complexity index is 462. The van der Waals surface area contributed by atoms with E-state index in [1.807, 2.05) is 39.1 Å². The smallest absolute Gasteiger partial charge is 0.330 e. The summed E-state index contributed by atoms with van der Waals surface area (Å²) < 4.78 is 0.832. The highest BCUT2D eigenvalue weighted by molar-refractivity contribution is 9.10. The van der Waals surface area contributed by atoms with Crippen molar-refractivity contribution in [1.29, 1.82) is 0 Å². The van der Waals surface area contributed by atoms with E-state index in [4.69, 9.17) is 4.84 Å². The normalized spacial score (nSPS) is 17.1. The second-order valence-corrected chi connectivity index (χ2v) is 6.70. The first-order valence-corrected chi connectivity index (χ1v) is 7.49. The molecule has 110 valence electrons. The Kier molecular flexibility index (Phi) is 4.65. The molecule has 2 heterocycles. The van der Waals surface area contributed by atoms with E-state index in [-0.39, 0.29) is 5.97 Å². The van der Waals surface area contributed by atoms with Gasteiger partial charge in [-0.25, -0.2) is 9.78 Å². The highest BCUT2D eigenvalue weighted by Crippen LogP contribution is 2.20. The maximum absolute atomic E-state index is 11.8. The van der Waals surface area contributed by atoms with Crippen LogP contribution in [0.2, 0.25) is 0 Å². The number of halogens is 1. The monoisotopic (exact) mass is 341 g/mol. The van der Waals surface area contributed by atoms with E-state index in [0.717, 1.165) is 23.4 Å². The number of hydrogen-bond donors (Lipinski definition) is 0. The zero-order valence-corrected chi connectivity index (χ0v) is 13.7. The quantitative estimate of drug-likeness (QED) is 0.773. The zero-order valence-electron chi connectivity index (χ0n) is 12.1. The van der Waals surface area contributed by atoms with Gasteiger partial charge in [0.25, 0.3) is 0 Å². The van der Waals surface area contributed by atoms with Crippen LogP contribution in [0.1, 0.15) is 20.8 Å². The van der Waals surface area contributed by atoms with Gasteiger partial charge in [0.2, 0.25) is 0 Å². The van der Waals surface area contributed by atoms with E-state index in [1.165, 1.54) is 0 Å². The fourth-order valence-electron chi connectivity index (χ4n) is 1.85. The summed E-state index contributed by atoms with van der Waals surface area (Å²) in [5.41, 5.74) is 0.627. The highest BCUT2D eigenvalue weighted by atomic mass is 79.9. The van der Waals surface area contributed by atoms with Gasteiger partial charge in [-0.05, 0) is 48.8 Å². The molecule has 0 aromatic carbocycles. The second-order valence-electron chi connectivity index (χ2n) is 5.88. The predicted octanol–water partition coefficient (Wildman–Crippen LogP) is 2.47. The van der Waals surface area contributed by atoms with Gasteiger partial charge in [0.1, 0.15) is 4.60 Å². The van der Waals surface area contributed by atoms with Gasteiger partial charge in [-0.2, -0.15) is 0 Å². The average Bonchev–Trinajstić information content (AvgIpc) is 2.39. The molecule has 0 N–H and O–H groups in total. The molecule has 0 amide bonds. The number of rotatable bonds is 2. The molecular weight excluding hydrogens is 322 g/mol. The minimum Gasteiger partial charge on any atom is -0.367 e. The van der Waals surface area contributed by atoms with Crippen LogP contribution in [0, 0.1) is 5.41 Å². The SMILES string of the molecule is CC(C)(C)C(=O)ON1CCN(c2ccc(Br)nc2)CC1. The number of carbonyl (C=O) groups excluding carboxylic acids is 1. The molecule has 1 fully saturated rings. The van der Waals surface area contributed by atoms with Crippen LogP contribution >= 0.6 is 15.9 Å². The Labute approximate surface area is 128 Å². The standard InChI is InChI=1S/C14H20BrN3O2/c1-14(2,3)13(19)20-18-8-6-17(7-9-18)11-4-5-12(15)16-10-11/h4-5,10H,6-9H2,1-3H3. The lowest BCUT2D eigenvalue weighted by Gasteiger charge is -2.35. The molecule has 1 saturated heterocycles. The van der Waals surface area contributed by atoms with Crippen molar-refractivity contribution in [2.24, 2.45) is 5.41 Å². The summed E-state index contributed by atoms with van der Waals surface area (Å²) in [5.74, 6) is -0.184. The van der Waals surface area contributed by atoms with Crippen LogP contribution in [0.4, 0.5) is 5.69 Å². The fraction of sp³-hybridized carbons (Fsp3) is 0.571. The summed E-state index contributed by atoms with van der Waals surface area (Å²) in [6.45, 7) is 8.63. The first-order chi connectivity index (χ1) is 9.36. The molecule has 1 aliphatic heterocycles. The fourth-order valence-corrected chi connectivity index (χ4v) is 2.08. The summed E-state index contributed by atoms with van der Waals surface area (Å²) in [6.07, 6.45) is 1.85. The Morgan fingerprint density at radius 1 is 1.25 bits per heavy atom. The molecule has 5 nitrogen and oxygen atoms in total. The minimum absolute atomic E-state index is 0.184. The Morgan fingerprint density at radius 3 is 2.40 bits per heavy atom. The molecule has 1 aromatic heterocycles. The van der Waals surface area contributed by atoms with Crippen molar-refractivity contribution < 1.29 is 9.63 Å². The van der Waals surface area contributed by atoms with Gasteiger partial charge in [0.05, 0.1) is 30.4 Å². The maximum atomic E-state index is 11.8. The van der Waals surface area contributed by atoms with Gasteiger partial charge in [-0.15, -0.1) is 5.06 Å². The number of piperazine rings is 1. The minimum atomic E-state index is -0.466. The molecule has 0 atom stereocenters. The van der Waals surface area contributed by atoms with Crippen LogP contribution in [0.25, 0.3) is 0 Å². The number of anilines is 1. The molecule has 0 bridgehead atoms. The molecule has 0 radical (unpaired) electrons. The van der Waals surface area contributed by atoms with E-state index in [9.17, 15) is 4.79 Å². The number of pyridine rings is 1. The van der Waals surface area contributed by atoms with E-state index in [2.05, 4.69) is 25.8 Å². The summed E-state index contributed by atoms with van der Waals surface area (Å²) >= 11 is 3.33. The van der Waals surface area contributed by atoms with Gasteiger partial charge < -0.3 is 9.74 Å². The molecule has 6 heteroatoms. The van der Waals surface area contributed by atoms with Gasteiger partial charge in [-0.1, -0.05) is 0 Å². The van der Waals surface area contributed by atoms with Gasteiger partial charge in [0, 0.05) is 13.1 Å². The predicted molar refractivity (Wildman–Crippen MR) is 81.3 cm³/mol. The Hall–Kier alpha value is -1.14. The number of hydrogen-bond acceptors (Lipinski definition) is 5. The maximum Gasteiger partial charge on any atom is 0.330 e. The van der Waals surface area contributed by atoms with Crippen LogP contribution in [0.5, 0.6) is 0 Å². The molecule has 0 spiro atoms. The summed E-state index contributed by atoms with van der Waals surface area (Å²) in [6, 6.07) is 3.97. The van der Waals surface area contributed by atoms with Crippen LogP contribution in [-0.2, 0) is 9.63 Å². The van der Waals surface area contributed by atoms with E-state index in [1.54, 1.807) is 5.06 Å². The van der Waals surface area contributed by atoms with Crippen molar-refractivity contribution in [3.63, 3.8) is 0 Å². The topological polar surface area (TPSA) is 45.7 Å². The van der Waals surface area contributed by atoms with Crippen LogP contribution in [-0.4, -0.2) is 42.2 Å². The summed E-state index contributed by atoms with van der Waals surface area (Å²) in [4.78, 5) is 23.7. The molecule has 0 aliphatic carbocycles. The zero-order chi connectivity index (χ0) is 14.8. The number of aromatic nitrogens is 1. The largest absolute Gasteiger partial charge is 0.367 e. The number of nitrogens with zero attached hydrogens (tertiary/aromatic N) is 3.